The van der Waals surface area contributed by atoms with E-state index in [1.54, 1.807) is 9.47 Å². The third-order valence-corrected chi connectivity index (χ3v) is 6.63. The zero-order valence-corrected chi connectivity index (χ0v) is 19.1. The van der Waals surface area contributed by atoms with E-state index < -0.39 is 20.7 Å². The summed E-state index contributed by atoms with van der Waals surface area (Å²) >= 11 is 6.32. The molecule has 0 radical (unpaired) electrons. The molecule has 0 spiro atoms. The highest BCUT2D eigenvalue weighted by molar-refractivity contribution is 7.89. The summed E-state index contributed by atoms with van der Waals surface area (Å²) < 4.78 is 46.1. The number of primary sulfonamides is 1. The van der Waals surface area contributed by atoms with Crippen LogP contribution >= 0.6 is 11.6 Å². The maximum atomic E-state index is 15.1. The van der Waals surface area contributed by atoms with E-state index in [1.165, 1.54) is 6.92 Å². The number of halogens is 2. The smallest absolute Gasteiger partial charge is 0.238 e. The number of hydrogen-bond donors (Lipinski definition) is 1. The average Bonchev–Trinajstić information content (AvgIpc) is 3.04. The number of benzene rings is 2. The maximum absolute atomic E-state index is 15.1. The van der Waals surface area contributed by atoms with Crippen molar-refractivity contribution in [1.29, 1.82) is 0 Å². The fourth-order valence-corrected chi connectivity index (χ4v) is 4.77. The first-order valence-corrected chi connectivity index (χ1v) is 11.8. The minimum absolute atomic E-state index is 0.0350. The minimum Gasteiger partial charge on any atom is -0.373 e. The highest BCUT2D eigenvalue weighted by atomic mass is 35.5. The zero-order valence-electron chi connectivity index (χ0n) is 17.5. The van der Waals surface area contributed by atoms with Crippen molar-refractivity contribution < 1.29 is 22.3 Å². The van der Waals surface area contributed by atoms with Crippen LogP contribution in [-0.2, 0) is 26.1 Å². The number of morpholine rings is 1. The van der Waals surface area contributed by atoms with Gasteiger partial charge in [-0.3, -0.25) is 4.79 Å². The van der Waals surface area contributed by atoms with E-state index in [1.807, 2.05) is 25.1 Å². The highest BCUT2D eigenvalue weighted by Crippen LogP contribution is 2.35. The van der Waals surface area contributed by atoms with Gasteiger partial charge in [-0.2, -0.15) is 0 Å². The molecular weight excluding hydrogens is 459 g/mol. The predicted molar refractivity (Wildman–Crippen MR) is 118 cm³/mol. The molecule has 0 saturated carbocycles. The van der Waals surface area contributed by atoms with Crippen LogP contribution < -0.4 is 5.14 Å². The second kappa shape index (κ2) is 8.43. The molecule has 170 valence electrons. The Morgan fingerprint density at radius 1 is 1.34 bits per heavy atom. The molecule has 1 atom stereocenters. The average molecular weight is 481 g/mol. The molecule has 0 bridgehead atoms. The Balaban J connectivity index is 1.85. The maximum Gasteiger partial charge on any atom is 0.238 e. The number of nitrogens with zero attached hydrogens (tertiary/aromatic N) is 3. The fourth-order valence-electron chi connectivity index (χ4n) is 3.86. The first-order valence-electron chi connectivity index (χ1n) is 9.91. The molecule has 2 N–H and O–H groups in total. The molecular formula is C21H22ClFN4O4S. The van der Waals surface area contributed by atoms with Gasteiger partial charge in [0.1, 0.15) is 11.6 Å². The van der Waals surface area contributed by atoms with Crippen molar-refractivity contribution in [2.75, 3.05) is 19.7 Å². The van der Waals surface area contributed by atoms with Gasteiger partial charge in [0.25, 0.3) is 0 Å². The van der Waals surface area contributed by atoms with Gasteiger partial charge in [-0.25, -0.2) is 22.9 Å². The predicted octanol–water partition coefficient (Wildman–Crippen LogP) is 2.70. The van der Waals surface area contributed by atoms with E-state index in [9.17, 15) is 13.2 Å². The number of nitrogens with two attached hydrogens (primary N) is 1. The Kier molecular flexibility index (Phi) is 5.97. The molecule has 0 unspecified atom stereocenters. The Hall–Kier alpha value is -2.53. The van der Waals surface area contributed by atoms with Gasteiger partial charge in [-0.05, 0) is 36.8 Å². The molecule has 1 aliphatic rings. The van der Waals surface area contributed by atoms with Crippen molar-refractivity contribution in [1.82, 2.24) is 14.5 Å². The standard InChI is InChI=1S/C21H22ClFN4O4S/c1-12-3-4-19-18(7-12)25-21(20-16(22)8-15(9-17(20)23)32(24,29)30)27(19)11-14-10-26(13(2)28)5-6-31-14/h3-4,7-9,14H,5-6,10-11H2,1-2H3,(H2,24,29,30)/t14-/m1/s1. The molecule has 8 nitrogen and oxygen atoms in total. The van der Waals surface area contributed by atoms with Gasteiger partial charge in [-0.15, -0.1) is 0 Å². The van der Waals surface area contributed by atoms with Crippen LogP contribution in [0.2, 0.25) is 5.02 Å². The lowest BCUT2D eigenvalue weighted by atomic mass is 10.2. The van der Waals surface area contributed by atoms with Crippen molar-refractivity contribution >= 4 is 38.6 Å². The van der Waals surface area contributed by atoms with E-state index in [0.717, 1.165) is 23.2 Å². The molecule has 4 rings (SSSR count). The second-order valence-electron chi connectivity index (χ2n) is 7.80. The lowest BCUT2D eigenvalue weighted by Crippen LogP contribution is -2.46. The zero-order chi connectivity index (χ0) is 23.2. The number of aromatic nitrogens is 2. The monoisotopic (exact) mass is 480 g/mol. The highest BCUT2D eigenvalue weighted by Gasteiger charge is 2.27. The molecule has 3 aromatic rings. The summed E-state index contributed by atoms with van der Waals surface area (Å²) in [5.41, 5.74) is 2.30. The summed E-state index contributed by atoms with van der Waals surface area (Å²) in [6, 6.07) is 7.59. The van der Waals surface area contributed by atoms with Crippen LogP contribution in [0.1, 0.15) is 12.5 Å². The molecule has 32 heavy (non-hydrogen) atoms. The molecule has 2 heterocycles. The third kappa shape index (κ3) is 4.36. The summed E-state index contributed by atoms with van der Waals surface area (Å²) in [5.74, 6) is -0.667. The number of carbonyl (C=O) groups is 1. The summed E-state index contributed by atoms with van der Waals surface area (Å²) in [7, 11) is -4.13. The number of amides is 1. The van der Waals surface area contributed by atoms with Gasteiger partial charge in [0.15, 0.2) is 0 Å². The number of carbonyl (C=O) groups excluding carboxylic acids is 1. The van der Waals surface area contributed by atoms with Crippen molar-refractivity contribution in [3.05, 3.63) is 46.7 Å². The van der Waals surface area contributed by atoms with Crippen LogP contribution in [0.25, 0.3) is 22.4 Å². The van der Waals surface area contributed by atoms with Gasteiger partial charge >= 0.3 is 0 Å². The van der Waals surface area contributed by atoms with E-state index in [2.05, 4.69) is 4.98 Å². The summed E-state index contributed by atoms with van der Waals surface area (Å²) in [6.45, 7) is 5.01. The summed E-state index contributed by atoms with van der Waals surface area (Å²) in [6.07, 6.45) is -0.337. The van der Waals surface area contributed by atoms with Gasteiger partial charge < -0.3 is 14.2 Å². The van der Waals surface area contributed by atoms with Crippen LogP contribution in [0.15, 0.2) is 35.2 Å². The first-order chi connectivity index (χ1) is 15.0. The topological polar surface area (TPSA) is 108 Å². The van der Waals surface area contributed by atoms with E-state index >= 15 is 4.39 Å². The Morgan fingerprint density at radius 2 is 2.09 bits per heavy atom. The largest absolute Gasteiger partial charge is 0.373 e. The number of imidazole rings is 1. The molecule has 0 aliphatic carbocycles. The first kappa shape index (κ1) is 22.7. The fraction of sp³-hybridized carbons (Fsp3) is 0.333. The number of aryl methyl sites for hydroxylation is 1. The number of rotatable bonds is 4. The normalized spacial score (nSPS) is 17.2. The Bertz CT molecular complexity index is 1300. The number of fused-ring (bicyclic) bond motifs is 1. The van der Waals surface area contributed by atoms with Crippen LogP contribution in [0.4, 0.5) is 4.39 Å². The number of sulfonamides is 1. The lowest BCUT2D eigenvalue weighted by Gasteiger charge is -2.32. The van der Waals surface area contributed by atoms with Crippen LogP contribution in [0.5, 0.6) is 0 Å². The summed E-state index contributed by atoms with van der Waals surface area (Å²) in [5, 5.41) is 5.00. The van der Waals surface area contributed by atoms with Crippen molar-refractivity contribution in [2.45, 2.75) is 31.4 Å². The van der Waals surface area contributed by atoms with E-state index in [4.69, 9.17) is 21.5 Å². The molecule has 11 heteroatoms. The molecule has 2 aromatic carbocycles. The molecule has 1 amide bonds. The quantitative estimate of drug-likeness (QED) is 0.617. The lowest BCUT2D eigenvalue weighted by molar-refractivity contribution is -0.136. The molecule has 1 aromatic heterocycles. The van der Waals surface area contributed by atoms with Crippen molar-refractivity contribution in [3.63, 3.8) is 0 Å². The SMILES string of the molecule is CC(=O)N1CCO[C@@H](Cn2c(-c3c(F)cc(S(N)(=O)=O)cc3Cl)nc3cc(C)ccc32)C1. The van der Waals surface area contributed by atoms with Crippen LogP contribution in [-0.4, -0.2) is 54.6 Å². The minimum atomic E-state index is -4.13. The van der Waals surface area contributed by atoms with Gasteiger partial charge in [-0.1, -0.05) is 17.7 Å². The Morgan fingerprint density at radius 3 is 2.75 bits per heavy atom. The molecule has 1 aliphatic heterocycles. The van der Waals surface area contributed by atoms with Crippen LogP contribution in [0.3, 0.4) is 0 Å². The number of ether oxygens (including phenoxy) is 1. The second-order valence-corrected chi connectivity index (χ2v) is 9.77. The van der Waals surface area contributed by atoms with E-state index in [-0.39, 0.29) is 28.4 Å². The number of hydrogen-bond acceptors (Lipinski definition) is 5. The Labute approximate surface area is 189 Å². The van der Waals surface area contributed by atoms with Gasteiger partial charge in [0, 0.05) is 20.0 Å². The van der Waals surface area contributed by atoms with Crippen molar-refractivity contribution in [3.8, 4) is 11.4 Å². The molecule has 1 saturated heterocycles. The van der Waals surface area contributed by atoms with Crippen LogP contribution in [0, 0.1) is 12.7 Å². The molecule has 1 fully saturated rings. The van der Waals surface area contributed by atoms with Crippen molar-refractivity contribution in [2.24, 2.45) is 5.14 Å². The van der Waals surface area contributed by atoms with Gasteiger partial charge in [0.05, 0.1) is 45.8 Å². The third-order valence-electron chi connectivity index (χ3n) is 5.44. The summed E-state index contributed by atoms with van der Waals surface area (Å²) in [4.78, 5) is 17.7. The van der Waals surface area contributed by atoms with E-state index in [0.29, 0.717) is 31.8 Å². The van der Waals surface area contributed by atoms with Gasteiger partial charge in [0.2, 0.25) is 15.9 Å².